The Morgan fingerprint density at radius 1 is 1.08 bits per heavy atom. The third-order valence-corrected chi connectivity index (χ3v) is 5.41. The number of halogens is 3. The molecule has 0 spiro atoms. The monoisotopic (exact) mass is 526 g/mol. The van der Waals surface area contributed by atoms with Crippen LogP contribution in [0.3, 0.4) is 0 Å². The summed E-state index contributed by atoms with van der Waals surface area (Å²) >= 11 is 0. The van der Waals surface area contributed by atoms with E-state index < -0.39 is 23.9 Å². The van der Waals surface area contributed by atoms with Gasteiger partial charge in [0.1, 0.15) is 23.3 Å². The van der Waals surface area contributed by atoms with Gasteiger partial charge in [0.05, 0.1) is 16.9 Å². The third kappa shape index (κ3) is 5.33. The zero-order valence-electron chi connectivity index (χ0n) is 19.2. The van der Waals surface area contributed by atoms with E-state index >= 15 is 0 Å². The smallest absolute Gasteiger partial charge is 0.482 e. The molecule has 194 valence electrons. The minimum absolute atomic E-state index is 0.0266. The van der Waals surface area contributed by atoms with Crippen LogP contribution in [0.15, 0.2) is 55.0 Å². The lowest BCUT2D eigenvalue weighted by Crippen LogP contribution is -2.26. The first-order valence-electron chi connectivity index (χ1n) is 11.0. The van der Waals surface area contributed by atoms with Crippen molar-refractivity contribution in [1.29, 1.82) is 0 Å². The lowest BCUT2D eigenvalue weighted by Gasteiger charge is -2.18. The predicted octanol–water partition coefficient (Wildman–Crippen LogP) is 3.37. The van der Waals surface area contributed by atoms with E-state index in [-0.39, 0.29) is 47.0 Å². The Balaban J connectivity index is 1.27. The van der Waals surface area contributed by atoms with Crippen LogP contribution in [0.5, 0.6) is 11.5 Å². The molecular formula is C24H17F3N6O5. The van der Waals surface area contributed by atoms with E-state index in [4.69, 9.17) is 4.74 Å². The van der Waals surface area contributed by atoms with Gasteiger partial charge in [-0.3, -0.25) is 14.4 Å². The number of aromatic amines is 1. The van der Waals surface area contributed by atoms with Crippen molar-refractivity contribution in [3.05, 3.63) is 71.8 Å². The van der Waals surface area contributed by atoms with Crippen molar-refractivity contribution >= 4 is 40.1 Å². The van der Waals surface area contributed by atoms with Gasteiger partial charge in [-0.1, -0.05) is 6.07 Å². The van der Waals surface area contributed by atoms with Crippen molar-refractivity contribution in [3.8, 4) is 11.5 Å². The Morgan fingerprint density at radius 2 is 1.87 bits per heavy atom. The predicted molar refractivity (Wildman–Crippen MR) is 127 cm³/mol. The lowest BCUT2D eigenvalue weighted by molar-refractivity contribution is -0.274. The fourth-order valence-electron chi connectivity index (χ4n) is 3.72. The maximum Gasteiger partial charge on any atom is 0.573 e. The number of aromatic nitrogens is 3. The van der Waals surface area contributed by atoms with Crippen LogP contribution in [0.4, 0.5) is 24.5 Å². The van der Waals surface area contributed by atoms with Crippen molar-refractivity contribution in [2.45, 2.75) is 12.9 Å². The molecule has 2 aromatic carbocycles. The first kappa shape index (κ1) is 24.5. The molecule has 1 aliphatic heterocycles. The number of ether oxygens (including phenoxy) is 2. The number of rotatable bonds is 6. The normalized spacial score (nSPS) is 12.8. The highest BCUT2D eigenvalue weighted by atomic mass is 19.4. The Labute approximate surface area is 211 Å². The molecule has 4 aromatic rings. The maximum absolute atomic E-state index is 12.9. The number of H-pyrrole nitrogens is 1. The van der Waals surface area contributed by atoms with Crippen molar-refractivity contribution < 1.29 is 37.0 Å². The molecule has 1 aliphatic rings. The highest BCUT2D eigenvalue weighted by Crippen LogP contribution is 2.29. The molecule has 0 bridgehead atoms. The van der Waals surface area contributed by atoms with Gasteiger partial charge in [-0.2, -0.15) is 0 Å². The van der Waals surface area contributed by atoms with E-state index in [9.17, 15) is 27.6 Å². The summed E-state index contributed by atoms with van der Waals surface area (Å²) in [4.78, 5) is 48.0. The van der Waals surface area contributed by atoms with E-state index in [1.54, 1.807) is 18.2 Å². The van der Waals surface area contributed by atoms with Crippen LogP contribution in [0, 0.1) is 0 Å². The van der Waals surface area contributed by atoms with Crippen molar-refractivity contribution in [2.75, 3.05) is 17.2 Å². The molecule has 0 radical (unpaired) electrons. The third-order valence-electron chi connectivity index (χ3n) is 5.41. The number of anilines is 2. The number of carbonyl (C=O) groups excluding carboxylic acids is 3. The summed E-state index contributed by atoms with van der Waals surface area (Å²) in [5, 5.41) is 8.04. The summed E-state index contributed by atoms with van der Waals surface area (Å²) in [5.74, 6) is -1.33. The topological polar surface area (TPSA) is 147 Å². The second-order valence-electron chi connectivity index (χ2n) is 8.02. The average molecular weight is 526 g/mol. The highest BCUT2D eigenvalue weighted by Gasteiger charge is 2.31. The fourth-order valence-corrected chi connectivity index (χ4v) is 3.72. The summed E-state index contributed by atoms with van der Waals surface area (Å²) in [5.41, 5.74) is 2.07. The molecule has 3 amide bonds. The second kappa shape index (κ2) is 9.72. The minimum Gasteiger partial charge on any atom is -0.482 e. The van der Waals surface area contributed by atoms with Gasteiger partial charge >= 0.3 is 6.36 Å². The number of hydrogen-bond acceptors (Lipinski definition) is 7. The quantitative estimate of drug-likeness (QED) is 0.301. The second-order valence-corrected chi connectivity index (χ2v) is 8.02. The number of fused-ring (bicyclic) bond motifs is 2. The molecular weight excluding hydrogens is 509 g/mol. The van der Waals surface area contributed by atoms with Crippen LogP contribution in [0.25, 0.3) is 11.0 Å². The summed E-state index contributed by atoms with van der Waals surface area (Å²) < 4.78 is 46.1. The molecule has 38 heavy (non-hydrogen) atoms. The summed E-state index contributed by atoms with van der Waals surface area (Å²) in [6.45, 7) is 0.0699. The van der Waals surface area contributed by atoms with Crippen LogP contribution in [0.1, 0.15) is 26.4 Å². The largest absolute Gasteiger partial charge is 0.573 e. The number of nitrogens with zero attached hydrogens (tertiary/aromatic N) is 2. The Morgan fingerprint density at radius 3 is 2.63 bits per heavy atom. The van der Waals surface area contributed by atoms with Crippen LogP contribution < -0.4 is 25.4 Å². The number of carbonyl (C=O) groups is 3. The van der Waals surface area contributed by atoms with Crippen LogP contribution in [0.2, 0.25) is 0 Å². The highest BCUT2D eigenvalue weighted by molar-refractivity contribution is 6.11. The van der Waals surface area contributed by atoms with E-state index in [0.717, 1.165) is 18.5 Å². The standard InChI is InChI=1S/C24H17F3N6O5/c25-24(26,27)38-14-4-2-13(3-5-14)22(35)33-16-9-28-20-19(16)30-11-31-21(20)23(36)29-8-12-1-6-17-15(7-12)32-18(34)10-37-17/h1-7,9,11,28H,8,10H2,(H,29,36)(H,32,34)(H,33,35). The molecule has 3 heterocycles. The summed E-state index contributed by atoms with van der Waals surface area (Å²) in [7, 11) is 0. The van der Waals surface area contributed by atoms with Gasteiger partial charge in [0.15, 0.2) is 12.3 Å². The molecule has 0 unspecified atom stereocenters. The van der Waals surface area contributed by atoms with Crippen molar-refractivity contribution in [3.63, 3.8) is 0 Å². The van der Waals surface area contributed by atoms with Gasteiger partial charge < -0.3 is 30.4 Å². The first-order valence-corrected chi connectivity index (χ1v) is 11.0. The van der Waals surface area contributed by atoms with Gasteiger partial charge in [0.2, 0.25) is 0 Å². The maximum atomic E-state index is 12.9. The molecule has 4 N–H and O–H groups in total. The van der Waals surface area contributed by atoms with Crippen molar-refractivity contribution in [1.82, 2.24) is 20.3 Å². The number of alkyl halides is 3. The first-order chi connectivity index (χ1) is 18.2. The summed E-state index contributed by atoms with van der Waals surface area (Å²) in [6.07, 6.45) is -2.26. The number of nitrogens with one attached hydrogen (secondary N) is 4. The van der Waals surface area contributed by atoms with Gasteiger partial charge in [0.25, 0.3) is 17.7 Å². The van der Waals surface area contributed by atoms with Crippen molar-refractivity contribution in [2.24, 2.45) is 0 Å². The van der Waals surface area contributed by atoms with Crippen LogP contribution >= 0.6 is 0 Å². The fraction of sp³-hybridized carbons (Fsp3) is 0.125. The molecule has 14 heteroatoms. The molecule has 0 saturated heterocycles. The lowest BCUT2D eigenvalue weighted by atomic mass is 10.1. The zero-order chi connectivity index (χ0) is 26.9. The van der Waals surface area contributed by atoms with Gasteiger partial charge in [-0.05, 0) is 42.0 Å². The molecule has 0 aliphatic carbocycles. The Hall–Kier alpha value is -5.14. The van der Waals surface area contributed by atoms with Crippen LogP contribution in [-0.2, 0) is 11.3 Å². The number of amides is 3. The molecule has 2 aromatic heterocycles. The Kier molecular flexibility index (Phi) is 6.28. The van der Waals surface area contributed by atoms with E-state index in [2.05, 4.69) is 35.6 Å². The number of benzene rings is 2. The summed E-state index contributed by atoms with van der Waals surface area (Å²) in [6, 6.07) is 9.52. The number of hydrogen-bond donors (Lipinski definition) is 4. The van der Waals surface area contributed by atoms with Gasteiger partial charge in [0, 0.05) is 18.3 Å². The van der Waals surface area contributed by atoms with Crippen LogP contribution in [-0.4, -0.2) is 45.6 Å². The van der Waals surface area contributed by atoms with Gasteiger partial charge in [-0.15, -0.1) is 13.2 Å². The molecule has 11 nitrogen and oxygen atoms in total. The van der Waals surface area contributed by atoms with Gasteiger partial charge in [-0.25, -0.2) is 9.97 Å². The molecule has 0 saturated carbocycles. The van der Waals surface area contributed by atoms with E-state index in [1.807, 2.05) is 0 Å². The minimum atomic E-state index is -4.84. The Bertz CT molecular complexity index is 1550. The average Bonchev–Trinajstić information content (AvgIpc) is 3.29. The van der Waals surface area contributed by atoms with E-state index in [0.29, 0.717) is 17.0 Å². The molecule has 5 rings (SSSR count). The van der Waals surface area contributed by atoms with E-state index in [1.165, 1.54) is 18.3 Å². The SMILES string of the molecule is O=C1COc2ccc(CNC(=O)c3ncnc4c(NC(=O)c5ccc(OC(F)(F)F)cc5)c[nH]c34)cc2N1. The molecule has 0 fully saturated rings. The zero-order valence-corrected chi connectivity index (χ0v) is 19.2. The molecule has 0 atom stereocenters.